The summed E-state index contributed by atoms with van der Waals surface area (Å²) in [6, 6.07) is 12.3. The van der Waals surface area contributed by atoms with Crippen molar-refractivity contribution in [3.63, 3.8) is 0 Å². The topological polar surface area (TPSA) is 60.2 Å². The molecule has 1 aliphatic rings. The minimum absolute atomic E-state index is 0.0658. The second-order valence-electron chi connectivity index (χ2n) is 6.84. The molecule has 7 heteroatoms. The Morgan fingerprint density at radius 2 is 2.11 bits per heavy atom. The molecule has 0 radical (unpaired) electrons. The van der Waals surface area contributed by atoms with Gasteiger partial charge in [-0.2, -0.15) is 5.10 Å². The predicted molar refractivity (Wildman–Crippen MR) is 101 cm³/mol. The fourth-order valence-electron chi connectivity index (χ4n) is 3.34. The maximum atomic E-state index is 13.9. The summed E-state index contributed by atoms with van der Waals surface area (Å²) >= 11 is 0. The molecule has 0 N–H and O–H groups in total. The van der Waals surface area contributed by atoms with Crippen molar-refractivity contribution >= 4 is 5.91 Å². The Kier molecular flexibility index (Phi) is 5.16. The monoisotopic (exact) mass is 380 g/mol. The summed E-state index contributed by atoms with van der Waals surface area (Å²) in [5.74, 6) is -0.305. The molecule has 1 aromatic carbocycles. The van der Waals surface area contributed by atoms with E-state index >= 15 is 0 Å². The van der Waals surface area contributed by atoms with E-state index in [2.05, 4.69) is 10.1 Å². The van der Waals surface area contributed by atoms with Gasteiger partial charge < -0.3 is 9.64 Å². The van der Waals surface area contributed by atoms with Crippen molar-refractivity contribution in [2.24, 2.45) is 7.05 Å². The van der Waals surface area contributed by atoms with Crippen molar-refractivity contribution < 1.29 is 13.9 Å². The van der Waals surface area contributed by atoms with Crippen LogP contribution in [0.3, 0.4) is 0 Å². The van der Waals surface area contributed by atoms with Crippen molar-refractivity contribution in [1.29, 1.82) is 0 Å². The second kappa shape index (κ2) is 7.90. The van der Waals surface area contributed by atoms with Gasteiger partial charge in [0.15, 0.2) is 0 Å². The molecule has 28 heavy (non-hydrogen) atoms. The van der Waals surface area contributed by atoms with Crippen LogP contribution in [0.5, 0.6) is 0 Å². The molecule has 0 spiro atoms. The largest absolute Gasteiger partial charge is 0.368 e. The van der Waals surface area contributed by atoms with E-state index in [0.717, 1.165) is 11.4 Å². The number of amides is 1. The van der Waals surface area contributed by atoms with E-state index in [-0.39, 0.29) is 17.8 Å². The third-order valence-electron chi connectivity index (χ3n) is 4.79. The van der Waals surface area contributed by atoms with Crippen molar-refractivity contribution in [2.75, 3.05) is 19.7 Å². The molecule has 1 amide bonds. The molecule has 1 unspecified atom stereocenters. The summed E-state index contributed by atoms with van der Waals surface area (Å²) in [7, 11) is 1.78. The van der Waals surface area contributed by atoms with E-state index in [1.165, 1.54) is 6.07 Å². The number of hydrogen-bond donors (Lipinski definition) is 0. The summed E-state index contributed by atoms with van der Waals surface area (Å²) in [6.45, 7) is 1.39. The highest BCUT2D eigenvalue weighted by Gasteiger charge is 2.27. The molecule has 0 aliphatic carbocycles. The van der Waals surface area contributed by atoms with Gasteiger partial charge >= 0.3 is 0 Å². The molecule has 0 saturated carbocycles. The fraction of sp³-hybridized carbons (Fsp3) is 0.286. The second-order valence-corrected chi connectivity index (χ2v) is 6.84. The molecular formula is C21H21FN4O2. The van der Waals surface area contributed by atoms with Gasteiger partial charge in [0.05, 0.1) is 30.6 Å². The van der Waals surface area contributed by atoms with Crippen LogP contribution in [0, 0.1) is 5.82 Å². The van der Waals surface area contributed by atoms with Crippen LogP contribution in [0.4, 0.5) is 4.39 Å². The van der Waals surface area contributed by atoms with E-state index < -0.39 is 0 Å². The van der Waals surface area contributed by atoms with Gasteiger partial charge in [-0.05, 0) is 23.8 Å². The smallest absolute Gasteiger partial charge is 0.257 e. The van der Waals surface area contributed by atoms with Gasteiger partial charge in [0.25, 0.3) is 5.91 Å². The molecule has 1 fully saturated rings. The lowest BCUT2D eigenvalue weighted by molar-refractivity contribution is -0.0248. The summed E-state index contributed by atoms with van der Waals surface area (Å²) < 4.78 is 21.4. The highest BCUT2D eigenvalue weighted by atomic mass is 19.1. The summed E-state index contributed by atoms with van der Waals surface area (Å²) in [5.41, 5.74) is 2.67. The van der Waals surface area contributed by atoms with Gasteiger partial charge in [0.1, 0.15) is 11.9 Å². The Morgan fingerprint density at radius 3 is 2.89 bits per heavy atom. The zero-order valence-electron chi connectivity index (χ0n) is 15.6. The van der Waals surface area contributed by atoms with E-state index in [0.29, 0.717) is 37.2 Å². The van der Waals surface area contributed by atoms with Gasteiger partial charge in [-0.1, -0.05) is 24.3 Å². The van der Waals surface area contributed by atoms with Crippen molar-refractivity contribution in [3.05, 3.63) is 83.2 Å². The molecule has 1 aliphatic heterocycles. The number of benzene rings is 1. The van der Waals surface area contributed by atoms with E-state index in [1.54, 1.807) is 41.2 Å². The van der Waals surface area contributed by atoms with Crippen LogP contribution in [0.15, 0.2) is 54.9 Å². The van der Waals surface area contributed by atoms with Crippen molar-refractivity contribution in [3.8, 4) is 0 Å². The van der Waals surface area contributed by atoms with Gasteiger partial charge in [-0.25, -0.2) is 4.39 Å². The van der Waals surface area contributed by atoms with Crippen LogP contribution in [0.1, 0.15) is 33.4 Å². The van der Waals surface area contributed by atoms with E-state index in [9.17, 15) is 9.18 Å². The van der Waals surface area contributed by atoms with Crippen LogP contribution >= 0.6 is 0 Å². The quantitative estimate of drug-likeness (QED) is 0.698. The molecule has 1 atom stereocenters. The summed E-state index contributed by atoms with van der Waals surface area (Å²) in [6.07, 6.45) is 3.38. The van der Waals surface area contributed by atoms with Crippen LogP contribution in [-0.4, -0.2) is 45.3 Å². The maximum absolute atomic E-state index is 13.9. The van der Waals surface area contributed by atoms with Crippen molar-refractivity contribution in [1.82, 2.24) is 19.7 Å². The third-order valence-corrected chi connectivity index (χ3v) is 4.79. The number of morpholine rings is 1. The fourth-order valence-corrected chi connectivity index (χ4v) is 3.34. The number of carbonyl (C=O) groups excluding carboxylic acids is 1. The summed E-state index contributed by atoms with van der Waals surface area (Å²) in [5, 5.41) is 4.06. The Morgan fingerprint density at radius 1 is 1.25 bits per heavy atom. The van der Waals surface area contributed by atoms with E-state index in [1.807, 2.05) is 24.3 Å². The molecule has 3 heterocycles. The van der Waals surface area contributed by atoms with Crippen LogP contribution in [0.2, 0.25) is 0 Å². The zero-order valence-corrected chi connectivity index (χ0v) is 15.6. The molecule has 3 aromatic rings. The average molecular weight is 380 g/mol. The van der Waals surface area contributed by atoms with Gasteiger partial charge in [-0.3, -0.25) is 14.5 Å². The lowest BCUT2D eigenvalue weighted by Crippen LogP contribution is -2.42. The SMILES string of the molecule is Cn1cc(C(=O)N2CCOC(c3cccc(Cc4ccccc4F)n3)C2)cn1. The molecular weight excluding hydrogens is 359 g/mol. The number of carbonyl (C=O) groups is 1. The van der Waals surface area contributed by atoms with Gasteiger partial charge in [0, 0.05) is 31.9 Å². The molecule has 0 bridgehead atoms. The molecule has 144 valence electrons. The number of pyridine rings is 1. The van der Waals surface area contributed by atoms with Gasteiger partial charge in [-0.15, -0.1) is 0 Å². The Balaban J connectivity index is 1.49. The minimum atomic E-state index is -0.310. The zero-order chi connectivity index (χ0) is 19.5. The molecule has 6 nitrogen and oxygen atoms in total. The predicted octanol–water partition coefficient (Wildman–Crippen LogP) is 2.76. The number of hydrogen-bond acceptors (Lipinski definition) is 4. The highest BCUT2D eigenvalue weighted by Crippen LogP contribution is 2.23. The Labute approximate surface area is 162 Å². The lowest BCUT2D eigenvalue weighted by atomic mass is 10.1. The van der Waals surface area contributed by atoms with Crippen LogP contribution in [-0.2, 0) is 18.2 Å². The first kappa shape index (κ1) is 18.3. The van der Waals surface area contributed by atoms with Crippen LogP contribution in [0.25, 0.3) is 0 Å². The number of rotatable bonds is 4. The molecule has 1 saturated heterocycles. The van der Waals surface area contributed by atoms with E-state index in [4.69, 9.17) is 4.74 Å². The first-order valence-corrected chi connectivity index (χ1v) is 9.19. The molecule has 2 aromatic heterocycles. The number of halogens is 1. The minimum Gasteiger partial charge on any atom is -0.368 e. The lowest BCUT2D eigenvalue weighted by Gasteiger charge is -2.32. The first-order chi connectivity index (χ1) is 13.6. The standard InChI is InChI=1S/C21H21FN4O2/c1-25-13-16(12-23-25)21(27)26-9-10-28-20(14-26)19-8-4-6-17(24-19)11-15-5-2-3-7-18(15)22/h2-8,12-13,20H,9-11,14H2,1H3. The highest BCUT2D eigenvalue weighted by molar-refractivity contribution is 5.93. The maximum Gasteiger partial charge on any atom is 0.257 e. The number of aryl methyl sites for hydroxylation is 1. The number of nitrogens with zero attached hydrogens (tertiary/aromatic N) is 4. The number of aromatic nitrogens is 3. The summed E-state index contributed by atoms with van der Waals surface area (Å²) in [4.78, 5) is 19.1. The Hall–Kier alpha value is -3.06. The third kappa shape index (κ3) is 3.94. The normalized spacial score (nSPS) is 16.9. The average Bonchev–Trinajstić information content (AvgIpc) is 3.16. The van der Waals surface area contributed by atoms with Crippen LogP contribution < -0.4 is 0 Å². The van der Waals surface area contributed by atoms with Gasteiger partial charge in [0.2, 0.25) is 0 Å². The number of ether oxygens (including phenoxy) is 1. The first-order valence-electron chi connectivity index (χ1n) is 9.19. The molecule has 4 rings (SSSR count). The van der Waals surface area contributed by atoms with Crippen molar-refractivity contribution in [2.45, 2.75) is 12.5 Å². The Bertz CT molecular complexity index is 988.